The number of hydrogen-bond acceptors (Lipinski definition) is 3. The lowest BCUT2D eigenvalue weighted by atomic mass is 10.1. The van der Waals surface area contributed by atoms with E-state index in [1.165, 1.54) is 0 Å². The number of nitrogens with one attached hydrogen (secondary N) is 2. The average molecular weight is 420 g/mol. The fraction of sp³-hybridized carbons (Fsp3) is 0.333. The van der Waals surface area contributed by atoms with Crippen molar-refractivity contribution in [2.24, 2.45) is 0 Å². The van der Waals surface area contributed by atoms with Crippen LogP contribution in [0.25, 0.3) is 0 Å². The van der Waals surface area contributed by atoms with Crippen molar-refractivity contribution in [3.63, 3.8) is 0 Å². The molecule has 1 aliphatic rings. The fourth-order valence-corrected chi connectivity index (χ4v) is 3.87. The van der Waals surface area contributed by atoms with Crippen LogP contribution in [0.2, 0.25) is 10.0 Å². The Morgan fingerprint density at radius 2 is 1.93 bits per heavy atom. The second-order valence-corrected chi connectivity index (χ2v) is 7.79. The molecule has 0 unspecified atom stereocenters. The van der Waals surface area contributed by atoms with Crippen molar-refractivity contribution in [3.05, 3.63) is 64.1 Å². The Balaban J connectivity index is 1.57. The fourth-order valence-electron chi connectivity index (χ4n) is 3.42. The molecule has 2 amide bonds. The van der Waals surface area contributed by atoms with E-state index in [9.17, 15) is 9.59 Å². The number of amides is 2. The van der Waals surface area contributed by atoms with Crippen LogP contribution in [0.1, 0.15) is 31.4 Å². The normalized spacial score (nSPS) is 17.9. The van der Waals surface area contributed by atoms with Gasteiger partial charge in [0.1, 0.15) is 0 Å². The average Bonchev–Trinajstić information content (AvgIpc) is 3.12. The Morgan fingerprint density at radius 1 is 1.18 bits per heavy atom. The molecule has 5 nitrogen and oxygen atoms in total. The van der Waals surface area contributed by atoms with E-state index in [2.05, 4.69) is 10.6 Å². The molecule has 2 aromatic carbocycles. The van der Waals surface area contributed by atoms with E-state index in [1.807, 2.05) is 42.2 Å². The second-order valence-electron chi connectivity index (χ2n) is 6.94. The first-order valence-electron chi connectivity index (χ1n) is 9.28. The highest BCUT2D eigenvalue weighted by atomic mass is 35.5. The van der Waals surface area contributed by atoms with Crippen LogP contribution in [0.5, 0.6) is 0 Å². The molecule has 0 bridgehead atoms. The lowest BCUT2D eigenvalue weighted by Gasteiger charge is -2.24. The highest BCUT2D eigenvalue weighted by molar-refractivity contribution is 6.36. The summed E-state index contributed by atoms with van der Waals surface area (Å²) < 4.78 is 0. The summed E-state index contributed by atoms with van der Waals surface area (Å²) in [6, 6.07) is 14.3. The van der Waals surface area contributed by atoms with Crippen LogP contribution in [0.15, 0.2) is 48.5 Å². The predicted molar refractivity (Wildman–Crippen MR) is 113 cm³/mol. The van der Waals surface area contributed by atoms with E-state index >= 15 is 0 Å². The number of carbonyl (C=O) groups is 2. The summed E-state index contributed by atoms with van der Waals surface area (Å²) in [5.74, 6) is -0.258. The molecule has 0 aliphatic carbocycles. The number of likely N-dealkylation sites (tertiary alicyclic amines) is 1. The lowest BCUT2D eigenvalue weighted by molar-refractivity contribution is -0.125. The second kappa shape index (κ2) is 9.41. The van der Waals surface area contributed by atoms with Gasteiger partial charge in [-0.2, -0.15) is 0 Å². The van der Waals surface area contributed by atoms with Crippen molar-refractivity contribution < 1.29 is 9.59 Å². The molecule has 1 aliphatic heterocycles. The van der Waals surface area contributed by atoms with Gasteiger partial charge in [0, 0.05) is 5.02 Å². The zero-order valence-electron chi connectivity index (χ0n) is 15.6. The van der Waals surface area contributed by atoms with Gasteiger partial charge < -0.3 is 10.6 Å². The van der Waals surface area contributed by atoms with Crippen LogP contribution >= 0.6 is 23.2 Å². The highest BCUT2D eigenvalue weighted by Gasteiger charge is 2.32. The van der Waals surface area contributed by atoms with Gasteiger partial charge in [-0.1, -0.05) is 53.5 Å². The zero-order valence-corrected chi connectivity index (χ0v) is 17.1. The molecule has 0 saturated carbocycles. The predicted octanol–water partition coefficient (Wildman–Crippen LogP) is 4.27. The number of rotatable bonds is 6. The maximum absolute atomic E-state index is 12.7. The van der Waals surface area contributed by atoms with Crippen LogP contribution in [-0.4, -0.2) is 35.8 Å². The van der Waals surface area contributed by atoms with Gasteiger partial charge in [-0.05, 0) is 50.1 Å². The van der Waals surface area contributed by atoms with E-state index in [1.54, 1.807) is 18.2 Å². The van der Waals surface area contributed by atoms with E-state index in [0.29, 0.717) is 28.7 Å². The maximum Gasteiger partial charge on any atom is 0.241 e. The number of nitrogens with zero attached hydrogens (tertiary/aromatic N) is 1. The van der Waals surface area contributed by atoms with E-state index in [4.69, 9.17) is 23.2 Å². The summed E-state index contributed by atoms with van der Waals surface area (Å²) in [6.07, 6.45) is 1.58. The van der Waals surface area contributed by atoms with Crippen molar-refractivity contribution in [1.82, 2.24) is 10.2 Å². The smallest absolute Gasteiger partial charge is 0.241 e. The van der Waals surface area contributed by atoms with Gasteiger partial charge in [0.25, 0.3) is 0 Å². The minimum Gasteiger partial charge on any atom is -0.348 e. The Hall–Kier alpha value is -2.08. The number of benzene rings is 2. The van der Waals surface area contributed by atoms with Crippen LogP contribution < -0.4 is 10.6 Å². The van der Waals surface area contributed by atoms with Gasteiger partial charge in [-0.15, -0.1) is 0 Å². The van der Waals surface area contributed by atoms with Gasteiger partial charge in [0.05, 0.1) is 29.3 Å². The summed E-state index contributed by atoms with van der Waals surface area (Å²) in [7, 11) is 0. The molecule has 2 N–H and O–H groups in total. The van der Waals surface area contributed by atoms with Crippen molar-refractivity contribution in [3.8, 4) is 0 Å². The van der Waals surface area contributed by atoms with Crippen LogP contribution in [0, 0.1) is 0 Å². The molecule has 2 aromatic rings. The van der Waals surface area contributed by atoms with E-state index in [-0.39, 0.29) is 30.4 Å². The topological polar surface area (TPSA) is 61.4 Å². The first-order valence-corrected chi connectivity index (χ1v) is 10.0. The Kier molecular flexibility index (Phi) is 6.94. The highest BCUT2D eigenvalue weighted by Crippen LogP contribution is 2.27. The molecule has 7 heteroatoms. The molecule has 1 saturated heterocycles. The maximum atomic E-state index is 12.7. The quantitative estimate of drug-likeness (QED) is 0.734. The Bertz CT molecular complexity index is 845. The zero-order chi connectivity index (χ0) is 20.1. The first kappa shape index (κ1) is 20.6. The minimum absolute atomic E-state index is 0.0866. The summed E-state index contributed by atoms with van der Waals surface area (Å²) >= 11 is 12.0. The van der Waals surface area contributed by atoms with Crippen molar-refractivity contribution >= 4 is 40.7 Å². The summed E-state index contributed by atoms with van der Waals surface area (Å²) in [5.41, 5.74) is 1.56. The van der Waals surface area contributed by atoms with Crippen molar-refractivity contribution in [2.45, 2.75) is 31.8 Å². The summed E-state index contributed by atoms with van der Waals surface area (Å²) in [6.45, 7) is 2.84. The monoisotopic (exact) mass is 419 g/mol. The third kappa shape index (κ3) is 5.25. The van der Waals surface area contributed by atoms with Gasteiger partial charge in [-0.3, -0.25) is 14.5 Å². The molecule has 0 spiro atoms. The molecule has 1 fully saturated rings. The molecular weight excluding hydrogens is 397 g/mol. The first-order chi connectivity index (χ1) is 13.4. The molecular formula is C21H23Cl2N3O2. The van der Waals surface area contributed by atoms with Crippen LogP contribution in [0.3, 0.4) is 0 Å². The number of anilines is 1. The largest absolute Gasteiger partial charge is 0.348 e. The van der Waals surface area contributed by atoms with E-state index in [0.717, 1.165) is 12.0 Å². The van der Waals surface area contributed by atoms with Crippen molar-refractivity contribution in [2.75, 3.05) is 18.4 Å². The van der Waals surface area contributed by atoms with Crippen molar-refractivity contribution in [1.29, 1.82) is 0 Å². The standard InChI is InChI=1S/C21H23Cl2N3O2/c1-14(15-6-3-2-4-7-15)24-20(27)13-26-11-5-8-19(26)21(28)25-18-10-9-16(22)12-17(18)23/h2-4,6-7,9-10,12,14,19H,5,8,11,13H2,1H3,(H,24,27)(H,25,28)/t14-,19+/m0/s1. The summed E-state index contributed by atoms with van der Waals surface area (Å²) in [5, 5.41) is 6.74. The molecule has 0 aromatic heterocycles. The number of carbonyl (C=O) groups excluding carboxylic acids is 2. The number of hydrogen-bond donors (Lipinski definition) is 2. The van der Waals surface area contributed by atoms with Gasteiger partial charge in [-0.25, -0.2) is 0 Å². The number of halogens is 2. The van der Waals surface area contributed by atoms with Crippen LogP contribution in [-0.2, 0) is 9.59 Å². The molecule has 148 valence electrons. The van der Waals surface area contributed by atoms with Gasteiger partial charge >= 0.3 is 0 Å². The molecule has 2 atom stereocenters. The van der Waals surface area contributed by atoms with E-state index < -0.39 is 0 Å². The SMILES string of the molecule is C[C@H](NC(=O)CN1CCC[C@@H]1C(=O)Nc1ccc(Cl)cc1Cl)c1ccccc1. The third-order valence-electron chi connectivity index (χ3n) is 4.88. The molecule has 28 heavy (non-hydrogen) atoms. The minimum atomic E-state index is -0.357. The Morgan fingerprint density at radius 3 is 2.64 bits per heavy atom. The molecule has 0 radical (unpaired) electrons. The molecule has 1 heterocycles. The third-order valence-corrected chi connectivity index (χ3v) is 5.43. The van der Waals surface area contributed by atoms with Gasteiger partial charge in [0.2, 0.25) is 11.8 Å². The van der Waals surface area contributed by atoms with Gasteiger partial charge in [0.15, 0.2) is 0 Å². The lowest BCUT2D eigenvalue weighted by Crippen LogP contribution is -2.45. The summed E-state index contributed by atoms with van der Waals surface area (Å²) in [4.78, 5) is 27.1. The molecule has 3 rings (SSSR count). The van der Waals surface area contributed by atoms with Crippen LogP contribution in [0.4, 0.5) is 5.69 Å². The Labute approximate surface area is 175 Å².